The van der Waals surface area contributed by atoms with Crippen LogP contribution < -0.4 is 10.6 Å². The summed E-state index contributed by atoms with van der Waals surface area (Å²) in [5, 5.41) is 6.21. The average Bonchev–Trinajstić information content (AvgIpc) is 2.63. The average molecular weight is 363 g/mol. The molecule has 0 unspecified atom stereocenters. The number of anilines is 1. The van der Waals surface area contributed by atoms with Gasteiger partial charge in [0, 0.05) is 30.3 Å². The monoisotopic (exact) mass is 362 g/mol. The summed E-state index contributed by atoms with van der Waals surface area (Å²) in [7, 11) is 1.60. The smallest absolute Gasteiger partial charge is 0.256 e. The van der Waals surface area contributed by atoms with Gasteiger partial charge in [-0.05, 0) is 63.2 Å². The lowest BCUT2D eigenvalue weighted by Gasteiger charge is -2.34. The van der Waals surface area contributed by atoms with Crippen molar-refractivity contribution in [1.29, 1.82) is 0 Å². The first-order valence-electron chi connectivity index (χ1n) is 8.10. The lowest BCUT2D eigenvalue weighted by Crippen LogP contribution is -2.51. The van der Waals surface area contributed by atoms with E-state index in [1.54, 1.807) is 13.3 Å². The maximum Gasteiger partial charge on any atom is 0.256 e. The zero-order valence-electron chi connectivity index (χ0n) is 14.4. The van der Waals surface area contributed by atoms with Crippen LogP contribution >= 0.6 is 12.4 Å². The van der Waals surface area contributed by atoms with E-state index in [-0.39, 0.29) is 18.3 Å². The molecule has 1 amide bonds. The van der Waals surface area contributed by atoms with Crippen LogP contribution in [0.4, 0.5) is 5.69 Å². The van der Waals surface area contributed by atoms with E-state index < -0.39 is 5.60 Å². The molecule has 0 atom stereocenters. The van der Waals surface area contributed by atoms with E-state index in [2.05, 4.69) is 20.6 Å². The molecular weight excluding hydrogens is 340 g/mol. The molecule has 6 nitrogen and oxygen atoms in total. The van der Waals surface area contributed by atoms with Crippen molar-refractivity contribution in [2.24, 2.45) is 0 Å². The van der Waals surface area contributed by atoms with Crippen molar-refractivity contribution in [3.8, 4) is 11.4 Å². The summed E-state index contributed by atoms with van der Waals surface area (Å²) in [5.41, 5.74) is 1.83. The topological polar surface area (TPSA) is 76.1 Å². The molecule has 134 valence electrons. The third kappa shape index (κ3) is 4.34. The van der Waals surface area contributed by atoms with Gasteiger partial charge in [0.15, 0.2) is 5.82 Å². The molecule has 2 aromatic rings. The van der Waals surface area contributed by atoms with E-state index in [1.165, 1.54) is 0 Å². The van der Waals surface area contributed by atoms with Gasteiger partial charge in [0.2, 0.25) is 0 Å². The second-order valence-corrected chi connectivity index (χ2v) is 6.00. The molecule has 25 heavy (non-hydrogen) atoms. The highest BCUT2D eigenvalue weighted by Crippen LogP contribution is 2.25. The number of nitrogens with zero attached hydrogens (tertiary/aromatic N) is 2. The largest absolute Gasteiger partial charge is 0.368 e. The highest BCUT2D eigenvalue weighted by molar-refractivity contribution is 5.97. The number of benzene rings is 1. The van der Waals surface area contributed by atoms with Crippen molar-refractivity contribution >= 4 is 24.0 Å². The number of hydrogen-bond donors (Lipinski definition) is 2. The zero-order valence-corrected chi connectivity index (χ0v) is 15.2. The summed E-state index contributed by atoms with van der Waals surface area (Å²) in [4.78, 5) is 21.3. The van der Waals surface area contributed by atoms with E-state index in [9.17, 15) is 4.79 Å². The molecule has 1 saturated heterocycles. The standard InChI is InChI=1S/C18H22N4O2.ClH/c1-13-7-10-20-16(21-13)14-3-5-15(6-4-14)22-17(23)18(24-2)8-11-19-12-9-18;/h3-7,10,19H,8-9,11-12H2,1-2H3,(H,22,23);1H. The van der Waals surface area contributed by atoms with Crippen molar-refractivity contribution in [3.63, 3.8) is 0 Å². The fourth-order valence-corrected chi connectivity index (χ4v) is 2.89. The molecule has 0 saturated carbocycles. The van der Waals surface area contributed by atoms with E-state index >= 15 is 0 Å². The first kappa shape index (κ1) is 19.3. The van der Waals surface area contributed by atoms with Gasteiger partial charge < -0.3 is 15.4 Å². The Balaban J connectivity index is 0.00000225. The van der Waals surface area contributed by atoms with Crippen LogP contribution in [0.1, 0.15) is 18.5 Å². The van der Waals surface area contributed by atoms with Crippen molar-refractivity contribution in [1.82, 2.24) is 15.3 Å². The van der Waals surface area contributed by atoms with Gasteiger partial charge in [-0.15, -0.1) is 12.4 Å². The number of piperidine rings is 1. The van der Waals surface area contributed by atoms with Gasteiger partial charge in [-0.3, -0.25) is 4.79 Å². The van der Waals surface area contributed by atoms with Crippen molar-refractivity contribution in [2.75, 3.05) is 25.5 Å². The van der Waals surface area contributed by atoms with Gasteiger partial charge in [-0.1, -0.05) is 0 Å². The lowest BCUT2D eigenvalue weighted by molar-refractivity contribution is -0.140. The highest BCUT2D eigenvalue weighted by Gasteiger charge is 2.39. The van der Waals surface area contributed by atoms with E-state index in [4.69, 9.17) is 4.74 Å². The maximum absolute atomic E-state index is 12.6. The molecule has 1 aromatic carbocycles. The number of amides is 1. The number of carbonyl (C=O) groups is 1. The lowest BCUT2D eigenvalue weighted by atomic mass is 9.91. The minimum Gasteiger partial charge on any atom is -0.368 e. The molecule has 1 aliphatic heterocycles. The molecule has 3 rings (SSSR count). The predicted octanol–water partition coefficient (Wildman–Crippen LogP) is 2.58. The van der Waals surface area contributed by atoms with Crippen LogP contribution in [0.25, 0.3) is 11.4 Å². The van der Waals surface area contributed by atoms with Crippen LogP contribution in [0.3, 0.4) is 0 Å². The minimum absolute atomic E-state index is 0. The summed E-state index contributed by atoms with van der Waals surface area (Å²) in [6, 6.07) is 9.41. The number of nitrogens with one attached hydrogen (secondary N) is 2. The fourth-order valence-electron chi connectivity index (χ4n) is 2.89. The SMILES string of the molecule is COC1(C(=O)Nc2ccc(-c3nccc(C)n3)cc2)CCNCC1.Cl. The first-order chi connectivity index (χ1) is 11.6. The number of hydrogen-bond acceptors (Lipinski definition) is 5. The van der Waals surface area contributed by atoms with E-state index in [0.717, 1.165) is 30.0 Å². The van der Waals surface area contributed by atoms with Crippen LogP contribution in [0.2, 0.25) is 0 Å². The number of aromatic nitrogens is 2. The van der Waals surface area contributed by atoms with Gasteiger partial charge in [-0.25, -0.2) is 9.97 Å². The predicted molar refractivity (Wildman–Crippen MR) is 99.9 cm³/mol. The Morgan fingerprint density at radius 2 is 1.88 bits per heavy atom. The molecule has 7 heteroatoms. The molecule has 0 bridgehead atoms. The fraction of sp³-hybridized carbons (Fsp3) is 0.389. The van der Waals surface area contributed by atoms with Crippen LogP contribution in [0.15, 0.2) is 36.5 Å². The molecule has 0 radical (unpaired) electrons. The Bertz CT molecular complexity index is 715. The van der Waals surface area contributed by atoms with E-state index in [1.807, 2.05) is 37.3 Å². The number of halogens is 1. The molecule has 2 heterocycles. The minimum atomic E-state index is -0.746. The van der Waals surface area contributed by atoms with E-state index in [0.29, 0.717) is 18.7 Å². The van der Waals surface area contributed by atoms with Gasteiger partial charge in [0.1, 0.15) is 5.60 Å². The molecular formula is C18H23ClN4O2. The number of rotatable bonds is 4. The molecule has 1 aliphatic rings. The Morgan fingerprint density at radius 3 is 2.48 bits per heavy atom. The van der Waals surface area contributed by atoms with Crippen LogP contribution in [0, 0.1) is 6.92 Å². The molecule has 1 fully saturated rings. The molecule has 1 aromatic heterocycles. The summed E-state index contributed by atoms with van der Waals surface area (Å²) in [6.07, 6.45) is 3.09. The number of ether oxygens (including phenoxy) is 1. The summed E-state index contributed by atoms with van der Waals surface area (Å²) in [5.74, 6) is 0.589. The van der Waals surface area contributed by atoms with Gasteiger partial charge in [0.05, 0.1) is 0 Å². The third-order valence-electron chi connectivity index (χ3n) is 4.41. The third-order valence-corrected chi connectivity index (χ3v) is 4.41. The zero-order chi connectivity index (χ0) is 17.0. The Hall–Kier alpha value is -2.02. The highest BCUT2D eigenvalue weighted by atomic mass is 35.5. The molecule has 0 spiro atoms. The number of methoxy groups -OCH3 is 1. The van der Waals surface area contributed by atoms with Gasteiger partial charge >= 0.3 is 0 Å². The molecule has 0 aliphatic carbocycles. The van der Waals surface area contributed by atoms with Gasteiger partial charge in [0.25, 0.3) is 5.91 Å². The van der Waals surface area contributed by atoms with Crippen molar-refractivity contribution in [3.05, 3.63) is 42.2 Å². The summed E-state index contributed by atoms with van der Waals surface area (Å²) >= 11 is 0. The molecule has 2 N–H and O–H groups in total. The number of aryl methyl sites for hydroxylation is 1. The summed E-state index contributed by atoms with van der Waals surface area (Å²) < 4.78 is 5.55. The normalized spacial score (nSPS) is 15.9. The van der Waals surface area contributed by atoms with Crippen LogP contribution in [-0.2, 0) is 9.53 Å². The Kier molecular flexibility index (Phi) is 6.47. The second kappa shape index (κ2) is 8.38. The van der Waals surface area contributed by atoms with Crippen LogP contribution in [-0.4, -0.2) is 41.7 Å². The van der Waals surface area contributed by atoms with Crippen molar-refractivity contribution in [2.45, 2.75) is 25.4 Å². The number of carbonyl (C=O) groups excluding carboxylic acids is 1. The van der Waals surface area contributed by atoms with Crippen LogP contribution in [0.5, 0.6) is 0 Å². The second-order valence-electron chi connectivity index (χ2n) is 6.00. The quantitative estimate of drug-likeness (QED) is 0.874. The first-order valence-corrected chi connectivity index (χ1v) is 8.10. The van der Waals surface area contributed by atoms with Crippen molar-refractivity contribution < 1.29 is 9.53 Å². The van der Waals surface area contributed by atoms with Gasteiger partial charge in [-0.2, -0.15) is 0 Å². The summed E-state index contributed by atoms with van der Waals surface area (Å²) in [6.45, 7) is 3.50. The maximum atomic E-state index is 12.6. The Labute approximate surface area is 153 Å². The Morgan fingerprint density at radius 1 is 1.20 bits per heavy atom.